The summed E-state index contributed by atoms with van der Waals surface area (Å²) in [6, 6.07) is 19.5. The SMILES string of the molecule is COc1cc2nc(-c3cccc(OC)c3OCc3ccccc3)[nH]c2cc1OC. The first kappa shape index (κ1) is 18.7. The summed E-state index contributed by atoms with van der Waals surface area (Å²) >= 11 is 0. The minimum absolute atomic E-state index is 0.427. The number of para-hydroxylation sites is 1. The number of methoxy groups -OCH3 is 3. The molecule has 6 heteroatoms. The minimum atomic E-state index is 0.427. The molecule has 29 heavy (non-hydrogen) atoms. The first-order valence-electron chi connectivity index (χ1n) is 9.19. The summed E-state index contributed by atoms with van der Waals surface area (Å²) in [5, 5.41) is 0. The third kappa shape index (κ3) is 3.69. The lowest BCUT2D eigenvalue weighted by Gasteiger charge is -2.14. The van der Waals surface area contributed by atoms with Crippen molar-refractivity contribution < 1.29 is 18.9 Å². The molecule has 0 saturated carbocycles. The second kappa shape index (κ2) is 8.14. The maximum absolute atomic E-state index is 6.15. The summed E-state index contributed by atoms with van der Waals surface area (Å²) in [5.41, 5.74) is 3.50. The molecule has 1 N–H and O–H groups in total. The van der Waals surface area contributed by atoms with Gasteiger partial charge in [-0.3, -0.25) is 0 Å². The van der Waals surface area contributed by atoms with Gasteiger partial charge in [0.15, 0.2) is 23.0 Å². The molecule has 0 spiro atoms. The molecule has 0 atom stereocenters. The van der Waals surface area contributed by atoms with Crippen LogP contribution in [0.2, 0.25) is 0 Å². The van der Waals surface area contributed by atoms with E-state index in [1.165, 1.54) is 0 Å². The van der Waals surface area contributed by atoms with Gasteiger partial charge in [-0.1, -0.05) is 36.4 Å². The van der Waals surface area contributed by atoms with Gasteiger partial charge >= 0.3 is 0 Å². The Balaban J connectivity index is 1.76. The van der Waals surface area contributed by atoms with Gasteiger partial charge in [0.05, 0.1) is 37.9 Å². The van der Waals surface area contributed by atoms with Crippen molar-refractivity contribution in [2.75, 3.05) is 21.3 Å². The van der Waals surface area contributed by atoms with Gasteiger partial charge in [-0.25, -0.2) is 4.98 Å². The van der Waals surface area contributed by atoms with E-state index in [1.54, 1.807) is 21.3 Å². The standard InChI is InChI=1S/C23H22N2O4/c1-26-19-11-7-10-16(22(19)29-14-15-8-5-4-6-9-15)23-24-17-12-20(27-2)21(28-3)13-18(17)25-23/h4-13H,14H2,1-3H3,(H,24,25). The topological polar surface area (TPSA) is 65.6 Å². The van der Waals surface area contributed by atoms with Gasteiger partial charge in [-0.15, -0.1) is 0 Å². The molecule has 1 aromatic heterocycles. The highest BCUT2D eigenvalue weighted by Crippen LogP contribution is 2.39. The maximum Gasteiger partial charge on any atom is 0.172 e. The quantitative estimate of drug-likeness (QED) is 0.489. The van der Waals surface area contributed by atoms with E-state index in [9.17, 15) is 0 Å². The van der Waals surface area contributed by atoms with Gasteiger partial charge in [0.2, 0.25) is 0 Å². The second-order valence-corrected chi connectivity index (χ2v) is 6.42. The van der Waals surface area contributed by atoms with Crippen molar-refractivity contribution >= 4 is 11.0 Å². The maximum atomic E-state index is 6.15. The fourth-order valence-electron chi connectivity index (χ4n) is 3.21. The number of rotatable bonds is 7. The fraction of sp³-hybridized carbons (Fsp3) is 0.174. The molecule has 0 aliphatic heterocycles. The zero-order chi connectivity index (χ0) is 20.2. The van der Waals surface area contributed by atoms with Crippen molar-refractivity contribution in [3.63, 3.8) is 0 Å². The number of aromatic nitrogens is 2. The van der Waals surface area contributed by atoms with Gasteiger partial charge < -0.3 is 23.9 Å². The molecule has 1 heterocycles. The Morgan fingerprint density at radius 2 is 1.52 bits per heavy atom. The number of aromatic amines is 1. The van der Waals surface area contributed by atoms with E-state index >= 15 is 0 Å². The lowest BCUT2D eigenvalue weighted by atomic mass is 10.1. The van der Waals surface area contributed by atoms with Crippen molar-refractivity contribution in [3.8, 4) is 34.4 Å². The molecule has 0 amide bonds. The van der Waals surface area contributed by atoms with Crippen LogP contribution in [0.1, 0.15) is 5.56 Å². The number of benzene rings is 3. The van der Waals surface area contributed by atoms with Crippen molar-refractivity contribution in [3.05, 3.63) is 66.2 Å². The minimum Gasteiger partial charge on any atom is -0.493 e. The summed E-state index contributed by atoms with van der Waals surface area (Å²) in [5.74, 6) is 3.23. The third-order valence-corrected chi connectivity index (χ3v) is 4.67. The Bertz CT molecular complexity index is 1080. The predicted molar refractivity (Wildman–Crippen MR) is 112 cm³/mol. The molecule has 6 nitrogen and oxygen atoms in total. The van der Waals surface area contributed by atoms with Gasteiger partial charge in [0.1, 0.15) is 12.4 Å². The number of hydrogen-bond acceptors (Lipinski definition) is 5. The number of nitrogens with one attached hydrogen (secondary N) is 1. The van der Waals surface area contributed by atoms with Crippen LogP contribution in [0.25, 0.3) is 22.4 Å². The largest absolute Gasteiger partial charge is 0.493 e. The first-order valence-corrected chi connectivity index (χ1v) is 9.19. The predicted octanol–water partition coefficient (Wildman–Crippen LogP) is 4.83. The van der Waals surface area contributed by atoms with Crippen LogP contribution in [0.3, 0.4) is 0 Å². The molecule has 0 aliphatic carbocycles. The number of hydrogen-bond donors (Lipinski definition) is 1. The van der Waals surface area contributed by atoms with E-state index in [-0.39, 0.29) is 0 Å². The molecule has 0 aliphatic rings. The van der Waals surface area contributed by atoms with Gasteiger partial charge in [-0.05, 0) is 17.7 Å². The Morgan fingerprint density at radius 1 is 0.793 bits per heavy atom. The molecule has 0 radical (unpaired) electrons. The Hall–Kier alpha value is -3.67. The summed E-state index contributed by atoms with van der Waals surface area (Å²) in [6.07, 6.45) is 0. The molecule has 148 valence electrons. The van der Waals surface area contributed by atoms with Crippen LogP contribution in [-0.2, 0) is 6.61 Å². The summed E-state index contributed by atoms with van der Waals surface area (Å²) in [7, 11) is 4.84. The number of fused-ring (bicyclic) bond motifs is 1. The highest BCUT2D eigenvalue weighted by molar-refractivity contribution is 5.84. The van der Waals surface area contributed by atoms with Crippen molar-refractivity contribution in [1.29, 1.82) is 0 Å². The summed E-state index contributed by atoms with van der Waals surface area (Å²) < 4.78 is 22.5. The lowest BCUT2D eigenvalue weighted by Crippen LogP contribution is -2.00. The molecular weight excluding hydrogens is 368 g/mol. The van der Waals surface area contributed by atoms with Crippen LogP contribution < -0.4 is 18.9 Å². The van der Waals surface area contributed by atoms with Crippen LogP contribution in [0, 0.1) is 0 Å². The molecular formula is C23H22N2O4. The average Bonchev–Trinajstić information content (AvgIpc) is 3.19. The van der Waals surface area contributed by atoms with E-state index in [4.69, 9.17) is 23.9 Å². The van der Waals surface area contributed by atoms with Gasteiger partial charge in [0, 0.05) is 12.1 Å². The Kier molecular flexibility index (Phi) is 5.24. The van der Waals surface area contributed by atoms with E-state index in [0.29, 0.717) is 35.4 Å². The highest BCUT2D eigenvalue weighted by atomic mass is 16.5. The monoisotopic (exact) mass is 390 g/mol. The van der Waals surface area contributed by atoms with Crippen molar-refractivity contribution in [1.82, 2.24) is 9.97 Å². The van der Waals surface area contributed by atoms with Gasteiger partial charge in [0.25, 0.3) is 0 Å². The van der Waals surface area contributed by atoms with Crippen LogP contribution in [0.15, 0.2) is 60.7 Å². The van der Waals surface area contributed by atoms with Crippen molar-refractivity contribution in [2.45, 2.75) is 6.61 Å². The normalized spacial score (nSPS) is 10.7. The van der Waals surface area contributed by atoms with Crippen LogP contribution in [0.5, 0.6) is 23.0 Å². The van der Waals surface area contributed by atoms with Crippen LogP contribution >= 0.6 is 0 Å². The molecule has 0 saturated heterocycles. The smallest absolute Gasteiger partial charge is 0.172 e. The molecule has 0 bridgehead atoms. The van der Waals surface area contributed by atoms with E-state index in [2.05, 4.69) is 4.98 Å². The Morgan fingerprint density at radius 3 is 2.24 bits per heavy atom. The summed E-state index contributed by atoms with van der Waals surface area (Å²) in [6.45, 7) is 0.427. The molecule has 4 rings (SSSR count). The molecule has 0 unspecified atom stereocenters. The molecule has 0 fully saturated rings. The van der Waals surface area contributed by atoms with Gasteiger partial charge in [-0.2, -0.15) is 0 Å². The van der Waals surface area contributed by atoms with E-state index in [0.717, 1.165) is 22.2 Å². The molecule has 3 aromatic carbocycles. The number of imidazole rings is 1. The first-order chi connectivity index (χ1) is 14.2. The number of H-pyrrole nitrogens is 1. The Labute approximate surface area is 169 Å². The molecule has 4 aromatic rings. The number of nitrogens with zero attached hydrogens (tertiary/aromatic N) is 1. The second-order valence-electron chi connectivity index (χ2n) is 6.42. The zero-order valence-electron chi connectivity index (χ0n) is 16.6. The van der Waals surface area contributed by atoms with Crippen LogP contribution in [0.4, 0.5) is 0 Å². The zero-order valence-corrected chi connectivity index (χ0v) is 16.6. The highest BCUT2D eigenvalue weighted by Gasteiger charge is 2.17. The lowest BCUT2D eigenvalue weighted by molar-refractivity contribution is 0.285. The van der Waals surface area contributed by atoms with Crippen molar-refractivity contribution in [2.24, 2.45) is 0 Å². The van der Waals surface area contributed by atoms with Crippen LogP contribution in [-0.4, -0.2) is 31.3 Å². The third-order valence-electron chi connectivity index (χ3n) is 4.67. The van der Waals surface area contributed by atoms with E-state index < -0.39 is 0 Å². The van der Waals surface area contributed by atoms with E-state index in [1.807, 2.05) is 60.7 Å². The fourth-order valence-corrected chi connectivity index (χ4v) is 3.21. The number of ether oxygens (including phenoxy) is 4. The summed E-state index contributed by atoms with van der Waals surface area (Å²) in [4.78, 5) is 8.08. The average molecular weight is 390 g/mol.